The molecular weight excluding hydrogens is 236 g/mol. The molecule has 0 unspecified atom stereocenters. The zero-order valence-electron chi connectivity index (χ0n) is 11.5. The molecule has 0 aliphatic rings. The van der Waals surface area contributed by atoms with Crippen LogP contribution in [0, 0.1) is 5.92 Å². The van der Waals surface area contributed by atoms with Crippen LogP contribution in [0.25, 0.3) is 11.1 Å². The van der Waals surface area contributed by atoms with Crippen LogP contribution < -0.4 is 4.74 Å². The molecule has 0 spiro atoms. The van der Waals surface area contributed by atoms with E-state index in [-0.39, 0.29) is 11.7 Å². The maximum Gasteiger partial charge on any atom is 0.165 e. The number of carbonyl (C=O) groups is 1. The minimum atomic E-state index is -0.00276. The summed E-state index contributed by atoms with van der Waals surface area (Å²) in [5.41, 5.74) is 2.74. The Balaban J connectivity index is 2.52. The smallest absolute Gasteiger partial charge is 0.165 e. The van der Waals surface area contributed by atoms with E-state index in [4.69, 9.17) is 4.74 Å². The SMILES string of the molecule is COc1ccc(C(=O)C(C)C)cc1-c1ccccc1. The lowest BCUT2D eigenvalue weighted by Crippen LogP contribution is -2.07. The quantitative estimate of drug-likeness (QED) is 0.764. The molecule has 2 aromatic carbocycles. The third-order valence-electron chi connectivity index (χ3n) is 3.09. The van der Waals surface area contributed by atoms with Gasteiger partial charge in [0, 0.05) is 17.0 Å². The summed E-state index contributed by atoms with van der Waals surface area (Å²) in [4.78, 5) is 12.1. The van der Waals surface area contributed by atoms with E-state index in [1.807, 2.05) is 62.4 Å². The van der Waals surface area contributed by atoms with Crippen LogP contribution in [0.3, 0.4) is 0 Å². The van der Waals surface area contributed by atoms with Crippen LogP contribution in [0.1, 0.15) is 24.2 Å². The minimum Gasteiger partial charge on any atom is -0.496 e. The standard InChI is InChI=1S/C17H18O2/c1-12(2)17(18)14-9-10-16(19-3)15(11-14)13-7-5-4-6-8-13/h4-12H,1-3H3. The second kappa shape index (κ2) is 5.70. The highest BCUT2D eigenvalue weighted by atomic mass is 16.5. The van der Waals surface area contributed by atoms with Crippen molar-refractivity contribution in [3.8, 4) is 16.9 Å². The molecule has 19 heavy (non-hydrogen) atoms. The van der Waals surface area contributed by atoms with Crippen molar-refractivity contribution in [2.75, 3.05) is 7.11 Å². The highest BCUT2D eigenvalue weighted by Gasteiger charge is 2.14. The molecule has 2 heteroatoms. The van der Waals surface area contributed by atoms with Gasteiger partial charge < -0.3 is 4.74 Å². The van der Waals surface area contributed by atoms with E-state index in [2.05, 4.69) is 0 Å². The van der Waals surface area contributed by atoms with Crippen LogP contribution in [0.5, 0.6) is 5.75 Å². The molecule has 0 fully saturated rings. The molecule has 0 bridgehead atoms. The Labute approximate surface area is 114 Å². The van der Waals surface area contributed by atoms with Crippen LogP contribution in [0.15, 0.2) is 48.5 Å². The number of benzene rings is 2. The van der Waals surface area contributed by atoms with Crippen molar-refractivity contribution in [1.82, 2.24) is 0 Å². The first-order valence-electron chi connectivity index (χ1n) is 6.41. The highest BCUT2D eigenvalue weighted by Crippen LogP contribution is 2.31. The van der Waals surface area contributed by atoms with Crippen molar-refractivity contribution in [3.63, 3.8) is 0 Å². The Kier molecular flexibility index (Phi) is 4.00. The summed E-state index contributed by atoms with van der Waals surface area (Å²) >= 11 is 0. The van der Waals surface area contributed by atoms with E-state index in [0.29, 0.717) is 0 Å². The summed E-state index contributed by atoms with van der Waals surface area (Å²) in [6, 6.07) is 15.6. The molecule has 2 rings (SSSR count). The van der Waals surface area contributed by atoms with Crippen molar-refractivity contribution >= 4 is 5.78 Å². The number of ketones is 1. The van der Waals surface area contributed by atoms with Gasteiger partial charge in [-0.1, -0.05) is 44.2 Å². The second-order valence-corrected chi connectivity index (χ2v) is 4.80. The van der Waals surface area contributed by atoms with Gasteiger partial charge in [0.2, 0.25) is 0 Å². The lowest BCUT2D eigenvalue weighted by molar-refractivity contribution is 0.0939. The molecule has 98 valence electrons. The van der Waals surface area contributed by atoms with E-state index < -0.39 is 0 Å². The van der Waals surface area contributed by atoms with E-state index in [9.17, 15) is 4.79 Å². The molecule has 0 saturated heterocycles. The predicted molar refractivity (Wildman–Crippen MR) is 77.6 cm³/mol. The lowest BCUT2D eigenvalue weighted by atomic mass is 9.96. The molecule has 0 aromatic heterocycles. The van der Waals surface area contributed by atoms with Gasteiger partial charge in [0.1, 0.15) is 5.75 Å². The Hall–Kier alpha value is -2.09. The molecule has 0 N–H and O–H groups in total. The van der Waals surface area contributed by atoms with Crippen molar-refractivity contribution in [1.29, 1.82) is 0 Å². The highest BCUT2D eigenvalue weighted by molar-refractivity contribution is 5.99. The first kappa shape index (κ1) is 13.3. The third-order valence-corrected chi connectivity index (χ3v) is 3.09. The molecule has 2 aromatic rings. The van der Waals surface area contributed by atoms with Gasteiger partial charge in [0.15, 0.2) is 5.78 Å². The summed E-state index contributed by atoms with van der Waals surface area (Å²) in [5, 5.41) is 0. The maximum atomic E-state index is 12.1. The Morgan fingerprint density at radius 3 is 2.32 bits per heavy atom. The number of Topliss-reactive ketones (excluding diaryl/α,β-unsaturated/α-hetero) is 1. The van der Waals surface area contributed by atoms with Gasteiger partial charge in [-0.05, 0) is 23.8 Å². The zero-order chi connectivity index (χ0) is 13.8. The number of ether oxygens (including phenoxy) is 1. The van der Waals surface area contributed by atoms with Crippen molar-refractivity contribution < 1.29 is 9.53 Å². The number of carbonyl (C=O) groups excluding carboxylic acids is 1. The monoisotopic (exact) mass is 254 g/mol. The maximum absolute atomic E-state index is 12.1. The van der Waals surface area contributed by atoms with Crippen LogP contribution in [0.4, 0.5) is 0 Å². The van der Waals surface area contributed by atoms with Gasteiger partial charge in [0.05, 0.1) is 7.11 Å². The van der Waals surface area contributed by atoms with E-state index in [0.717, 1.165) is 22.4 Å². The number of hydrogen-bond acceptors (Lipinski definition) is 2. The summed E-state index contributed by atoms with van der Waals surface area (Å²) in [7, 11) is 1.64. The number of hydrogen-bond donors (Lipinski definition) is 0. The van der Waals surface area contributed by atoms with Gasteiger partial charge in [-0.2, -0.15) is 0 Å². The van der Waals surface area contributed by atoms with Crippen molar-refractivity contribution in [2.24, 2.45) is 5.92 Å². The Bertz CT molecular complexity index is 571. The van der Waals surface area contributed by atoms with Crippen molar-refractivity contribution in [2.45, 2.75) is 13.8 Å². The number of rotatable bonds is 4. The van der Waals surface area contributed by atoms with Gasteiger partial charge in [-0.15, -0.1) is 0 Å². The Morgan fingerprint density at radius 1 is 1.05 bits per heavy atom. The fourth-order valence-corrected chi connectivity index (χ4v) is 2.04. The van der Waals surface area contributed by atoms with Crippen LogP contribution >= 0.6 is 0 Å². The predicted octanol–water partition coefficient (Wildman–Crippen LogP) is 4.20. The van der Waals surface area contributed by atoms with Crippen LogP contribution in [0.2, 0.25) is 0 Å². The van der Waals surface area contributed by atoms with Gasteiger partial charge in [-0.25, -0.2) is 0 Å². The second-order valence-electron chi connectivity index (χ2n) is 4.80. The van der Waals surface area contributed by atoms with Crippen LogP contribution in [-0.4, -0.2) is 12.9 Å². The Morgan fingerprint density at radius 2 is 1.74 bits per heavy atom. The summed E-state index contributed by atoms with van der Waals surface area (Å²) in [5.74, 6) is 0.934. The fourth-order valence-electron chi connectivity index (χ4n) is 2.04. The average Bonchev–Trinajstić information content (AvgIpc) is 2.46. The number of methoxy groups -OCH3 is 1. The largest absolute Gasteiger partial charge is 0.496 e. The van der Waals surface area contributed by atoms with Crippen LogP contribution in [-0.2, 0) is 0 Å². The molecule has 0 amide bonds. The normalized spacial score (nSPS) is 10.5. The molecule has 0 saturated carbocycles. The molecule has 2 nitrogen and oxygen atoms in total. The molecule has 0 aliphatic heterocycles. The van der Waals surface area contributed by atoms with Gasteiger partial charge in [-0.3, -0.25) is 4.79 Å². The van der Waals surface area contributed by atoms with E-state index in [1.54, 1.807) is 7.11 Å². The van der Waals surface area contributed by atoms with E-state index >= 15 is 0 Å². The first-order valence-corrected chi connectivity index (χ1v) is 6.41. The molecule has 0 radical (unpaired) electrons. The van der Waals surface area contributed by atoms with Crippen molar-refractivity contribution in [3.05, 3.63) is 54.1 Å². The zero-order valence-corrected chi connectivity index (χ0v) is 11.5. The molecule has 0 heterocycles. The molecule has 0 aliphatic carbocycles. The fraction of sp³-hybridized carbons (Fsp3) is 0.235. The van der Waals surface area contributed by atoms with Gasteiger partial charge in [0.25, 0.3) is 0 Å². The lowest BCUT2D eigenvalue weighted by Gasteiger charge is -2.11. The van der Waals surface area contributed by atoms with Gasteiger partial charge >= 0.3 is 0 Å². The minimum absolute atomic E-state index is 0.00276. The average molecular weight is 254 g/mol. The summed E-state index contributed by atoms with van der Waals surface area (Å²) < 4.78 is 5.38. The summed E-state index contributed by atoms with van der Waals surface area (Å²) in [6.07, 6.45) is 0. The first-order chi connectivity index (χ1) is 9.13. The third kappa shape index (κ3) is 2.84. The topological polar surface area (TPSA) is 26.3 Å². The summed E-state index contributed by atoms with van der Waals surface area (Å²) in [6.45, 7) is 3.82. The molecular formula is C17H18O2. The molecule has 0 atom stereocenters. The van der Waals surface area contributed by atoms with E-state index in [1.165, 1.54) is 0 Å².